The third-order valence-corrected chi connectivity index (χ3v) is 5.84. The number of hydrogen-bond acceptors (Lipinski definition) is 5. The van der Waals surface area contributed by atoms with E-state index in [1.165, 1.54) is 12.0 Å². The smallest absolute Gasteiger partial charge is 0.337 e. The second-order valence-electron chi connectivity index (χ2n) is 6.54. The van der Waals surface area contributed by atoms with E-state index in [1.54, 1.807) is 29.7 Å². The van der Waals surface area contributed by atoms with Crippen LogP contribution in [0.1, 0.15) is 32.3 Å². The van der Waals surface area contributed by atoms with Crippen molar-refractivity contribution in [1.29, 1.82) is 0 Å². The van der Waals surface area contributed by atoms with Crippen molar-refractivity contribution >= 4 is 28.2 Å². The number of phenolic OH excluding ortho intramolecular Hbond substituents is 1. The quantitative estimate of drug-likeness (QED) is 0.479. The molecule has 0 saturated carbocycles. The fourth-order valence-electron chi connectivity index (χ4n) is 3.41. The van der Waals surface area contributed by atoms with Crippen LogP contribution in [0.2, 0.25) is 0 Å². The van der Waals surface area contributed by atoms with Gasteiger partial charge >= 0.3 is 5.97 Å². The number of aromatic nitrogens is 1. The Morgan fingerprint density at radius 1 is 1.11 bits per heavy atom. The van der Waals surface area contributed by atoms with Gasteiger partial charge in [0.15, 0.2) is 0 Å². The number of fused-ring (bicyclic) bond motifs is 1. The van der Waals surface area contributed by atoms with Crippen molar-refractivity contribution < 1.29 is 14.6 Å². The number of esters is 1. The van der Waals surface area contributed by atoms with Gasteiger partial charge in [0.1, 0.15) is 11.3 Å². The van der Waals surface area contributed by atoms with Gasteiger partial charge in [0.2, 0.25) is 0 Å². The Hall–Kier alpha value is -3.18. The predicted molar refractivity (Wildman–Crippen MR) is 111 cm³/mol. The molecule has 2 heterocycles. The molecule has 2 aromatic carbocycles. The molecule has 2 aromatic heterocycles. The van der Waals surface area contributed by atoms with Crippen LogP contribution in [0.25, 0.3) is 10.9 Å². The Morgan fingerprint density at radius 3 is 2.64 bits per heavy atom. The minimum absolute atomic E-state index is 0.00428. The zero-order chi connectivity index (χ0) is 19.5. The summed E-state index contributed by atoms with van der Waals surface area (Å²) < 4.78 is 4.76. The maximum absolute atomic E-state index is 11.7. The second-order valence-corrected chi connectivity index (χ2v) is 7.52. The Morgan fingerprint density at radius 2 is 1.93 bits per heavy atom. The van der Waals surface area contributed by atoms with Crippen molar-refractivity contribution in [3.05, 3.63) is 93.8 Å². The minimum Gasteiger partial charge on any atom is -0.505 e. The maximum Gasteiger partial charge on any atom is 0.337 e. The Kier molecular flexibility index (Phi) is 5.08. The van der Waals surface area contributed by atoms with Gasteiger partial charge in [-0.2, -0.15) is 0 Å². The van der Waals surface area contributed by atoms with E-state index >= 15 is 0 Å². The molecule has 0 saturated heterocycles. The van der Waals surface area contributed by atoms with Crippen LogP contribution >= 0.6 is 11.3 Å². The number of aromatic hydroxyl groups is 1. The van der Waals surface area contributed by atoms with Gasteiger partial charge in [0.05, 0.1) is 12.7 Å². The summed E-state index contributed by atoms with van der Waals surface area (Å²) in [5.41, 5.74) is 3.07. The van der Waals surface area contributed by atoms with Gasteiger partial charge in [-0.15, -0.1) is 11.3 Å². The number of pyridine rings is 1. The monoisotopic (exact) mass is 389 g/mol. The average molecular weight is 389 g/mol. The van der Waals surface area contributed by atoms with Crippen LogP contribution in [0.4, 0.5) is 0 Å². The van der Waals surface area contributed by atoms with E-state index in [9.17, 15) is 9.90 Å². The third-order valence-electron chi connectivity index (χ3n) is 4.86. The molecule has 5 heteroatoms. The molecule has 1 N–H and O–H groups in total. The van der Waals surface area contributed by atoms with E-state index in [2.05, 4.69) is 11.1 Å². The first-order chi connectivity index (χ1) is 13.7. The lowest BCUT2D eigenvalue weighted by atomic mass is 9.89. The van der Waals surface area contributed by atoms with Gasteiger partial charge in [-0.3, -0.25) is 4.98 Å². The number of rotatable bonds is 5. The number of carbonyl (C=O) groups is 1. The third kappa shape index (κ3) is 3.49. The summed E-state index contributed by atoms with van der Waals surface area (Å²) in [6.07, 6.45) is 2.39. The summed E-state index contributed by atoms with van der Waals surface area (Å²) in [7, 11) is 1.37. The van der Waals surface area contributed by atoms with Crippen LogP contribution in [0, 0.1) is 0 Å². The molecule has 4 aromatic rings. The molecule has 0 aliphatic carbocycles. The molecule has 4 rings (SSSR count). The topological polar surface area (TPSA) is 59.4 Å². The SMILES string of the molecule is COC(=O)c1ccc(CC(c2cccs2)c2ccc3cccnc3c2O)cc1. The summed E-state index contributed by atoms with van der Waals surface area (Å²) in [6, 6.07) is 19.3. The molecule has 1 atom stereocenters. The van der Waals surface area contributed by atoms with E-state index in [0.29, 0.717) is 17.5 Å². The van der Waals surface area contributed by atoms with E-state index in [-0.39, 0.29) is 17.6 Å². The van der Waals surface area contributed by atoms with Crippen LogP contribution in [0.5, 0.6) is 5.75 Å². The molecule has 0 aliphatic rings. The van der Waals surface area contributed by atoms with Gasteiger partial charge in [-0.1, -0.05) is 36.4 Å². The van der Waals surface area contributed by atoms with Crippen molar-refractivity contribution in [3.8, 4) is 5.75 Å². The van der Waals surface area contributed by atoms with Crippen molar-refractivity contribution in [2.24, 2.45) is 0 Å². The number of thiophene rings is 1. The van der Waals surface area contributed by atoms with E-state index < -0.39 is 0 Å². The van der Waals surface area contributed by atoms with E-state index in [4.69, 9.17) is 4.74 Å². The largest absolute Gasteiger partial charge is 0.505 e. The first-order valence-corrected chi connectivity index (χ1v) is 9.82. The van der Waals surface area contributed by atoms with E-state index in [0.717, 1.165) is 16.5 Å². The van der Waals surface area contributed by atoms with Gasteiger partial charge < -0.3 is 9.84 Å². The highest BCUT2D eigenvalue weighted by atomic mass is 32.1. The summed E-state index contributed by atoms with van der Waals surface area (Å²) in [6.45, 7) is 0. The molecular formula is C23H19NO3S. The number of carbonyl (C=O) groups excluding carboxylic acids is 1. The van der Waals surface area contributed by atoms with Crippen molar-refractivity contribution in [3.63, 3.8) is 0 Å². The molecule has 4 nitrogen and oxygen atoms in total. The highest BCUT2D eigenvalue weighted by molar-refractivity contribution is 7.10. The van der Waals surface area contributed by atoms with Gasteiger partial charge in [-0.25, -0.2) is 4.79 Å². The van der Waals surface area contributed by atoms with Crippen molar-refractivity contribution in [2.75, 3.05) is 7.11 Å². The second kappa shape index (κ2) is 7.82. The van der Waals surface area contributed by atoms with Crippen LogP contribution in [-0.4, -0.2) is 23.2 Å². The van der Waals surface area contributed by atoms with Crippen LogP contribution < -0.4 is 0 Å². The normalized spacial score (nSPS) is 12.0. The van der Waals surface area contributed by atoms with Gasteiger partial charge in [0, 0.05) is 27.9 Å². The molecule has 0 fully saturated rings. The standard InChI is InChI=1S/C23H19NO3S/c1-27-23(26)17-8-6-15(7-9-17)14-19(20-5-3-13-28-20)18-11-10-16-4-2-12-24-21(16)22(18)25/h2-13,19,25H,14H2,1H3. The van der Waals surface area contributed by atoms with Gasteiger partial charge in [0.25, 0.3) is 0 Å². The fraction of sp³-hybridized carbons (Fsp3) is 0.130. The highest BCUT2D eigenvalue weighted by Gasteiger charge is 2.21. The number of benzene rings is 2. The highest BCUT2D eigenvalue weighted by Crippen LogP contribution is 2.39. The molecule has 0 amide bonds. The Balaban J connectivity index is 1.73. The maximum atomic E-state index is 11.7. The summed E-state index contributed by atoms with van der Waals surface area (Å²) in [5, 5.41) is 13.9. The summed E-state index contributed by atoms with van der Waals surface area (Å²) in [5.74, 6) is -0.127. The average Bonchev–Trinajstić information content (AvgIpc) is 3.27. The summed E-state index contributed by atoms with van der Waals surface area (Å²) >= 11 is 1.67. The molecular weight excluding hydrogens is 370 g/mol. The zero-order valence-electron chi connectivity index (χ0n) is 15.3. The van der Waals surface area contributed by atoms with Crippen molar-refractivity contribution in [1.82, 2.24) is 4.98 Å². The first-order valence-electron chi connectivity index (χ1n) is 8.94. The lowest BCUT2D eigenvalue weighted by Gasteiger charge is -2.18. The van der Waals surface area contributed by atoms with Crippen LogP contribution in [0.3, 0.4) is 0 Å². The molecule has 0 spiro atoms. The lowest BCUT2D eigenvalue weighted by Crippen LogP contribution is -2.05. The molecule has 28 heavy (non-hydrogen) atoms. The molecule has 140 valence electrons. The molecule has 0 radical (unpaired) electrons. The first kappa shape index (κ1) is 18.2. The molecule has 0 bridgehead atoms. The molecule has 0 aliphatic heterocycles. The molecule has 1 unspecified atom stereocenters. The van der Waals surface area contributed by atoms with Crippen molar-refractivity contribution in [2.45, 2.75) is 12.3 Å². The lowest BCUT2D eigenvalue weighted by molar-refractivity contribution is 0.0600. The Labute approximate surface area is 167 Å². The van der Waals surface area contributed by atoms with Crippen LogP contribution in [0.15, 0.2) is 72.2 Å². The predicted octanol–water partition coefficient (Wildman–Crippen LogP) is 5.16. The number of nitrogens with zero attached hydrogens (tertiary/aromatic N) is 1. The number of hydrogen-bond donors (Lipinski definition) is 1. The minimum atomic E-state index is -0.348. The fourth-order valence-corrected chi connectivity index (χ4v) is 4.26. The number of phenols is 1. The van der Waals surface area contributed by atoms with Gasteiger partial charge in [-0.05, 0) is 41.6 Å². The number of methoxy groups -OCH3 is 1. The zero-order valence-corrected chi connectivity index (χ0v) is 16.1. The van der Waals surface area contributed by atoms with Crippen LogP contribution in [-0.2, 0) is 11.2 Å². The number of ether oxygens (including phenoxy) is 1. The van der Waals surface area contributed by atoms with E-state index in [1.807, 2.05) is 47.8 Å². The Bertz CT molecular complexity index is 1100. The summed E-state index contributed by atoms with van der Waals surface area (Å²) in [4.78, 5) is 17.2.